The largest absolute Gasteiger partial charge is 0.355 e. The Morgan fingerprint density at radius 1 is 1.22 bits per heavy atom. The molecule has 1 amide bonds. The quantitative estimate of drug-likeness (QED) is 0.572. The fourth-order valence-electron chi connectivity index (χ4n) is 3.05. The van der Waals surface area contributed by atoms with Gasteiger partial charge in [0.25, 0.3) is 11.5 Å². The summed E-state index contributed by atoms with van der Waals surface area (Å²) in [6.45, 7) is 0.222. The minimum absolute atomic E-state index is 0.0387. The van der Waals surface area contributed by atoms with Gasteiger partial charge in [0.15, 0.2) is 5.78 Å². The van der Waals surface area contributed by atoms with Gasteiger partial charge in [0, 0.05) is 31.6 Å². The van der Waals surface area contributed by atoms with E-state index in [1.54, 1.807) is 0 Å². The van der Waals surface area contributed by atoms with Crippen LogP contribution in [0.5, 0.6) is 0 Å². The lowest BCUT2D eigenvalue weighted by Crippen LogP contribution is -2.32. The number of hydrogen-bond acceptors (Lipinski definition) is 4. The summed E-state index contributed by atoms with van der Waals surface area (Å²) in [6.07, 6.45) is 5.21. The van der Waals surface area contributed by atoms with Crippen LogP contribution in [0.25, 0.3) is 0 Å². The predicted molar refractivity (Wildman–Crippen MR) is 101 cm³/mol. The number of carbonyl (C=O) groups excluding carboxylic acids is 3. The molecule has 0 atom stereocenters. The third-order valence-corrected chi connectivity index (χ3v) is 4.71. The minimum Gasteiger partial charge on any atom is -0.355 e. The fourth-order valence-corrected chi connectivity index (χ4v) is 3.05. The van der Waals surface area contributed by atoms with Gasteiger partial charge >= 0.3 is 0 Å². The lowest BCUT2D eigenvalue weighted by Gasteiger charge is -2.12. The van der Waals surface area contributed by atoms with Gasteiger partial charge in [0.1, 0.15) is 11.8 Å². The molecule has 0 spiro atoms. The molecule has 1 fully saturated rings. The molecule has 1 aliphatic carbocycles. The Hall–Kier alpha value is -3.02. The van der Waals surface area contributed by atoms with Gasteiger partial charge in [-0.15, -0.1) is 0 Å². The topological polar surface area (TPSA) is 85.2 Å². The maximum atomic E-state index is 12.7. The van der Waals surface area contributed by atoms with Crippen LogP contribution in [-0.2, 0) is 17.8 Å². The third-order valence-electron chi connectivity index (χ3n) is 4.71. The number of amides is 1. The van der Waals surface area contributed by atoms with Crippen molar-refractivity contribution >= 4 is 18.0 Å². The number of nitrogens with one attached hydrogen (secondary N) is 1. The summed E-state index contributed by atoms with van der Waals surface area (Å²) in [6, 6.07) is 8.75. The lowest BCUT2D eigenvalue weighted by molar-refractivity contribution is -0.107. The molecule has 0 bridgehead atoms. The number of benzene rings is 1. The molecule has 0 saturated heterocycles. The molecule has 6 heteroatoms. The summed E-state index contributed by atoms with van der Waals surface area (Å²) >= 11 is 0. The molecule has 1 heterocycles. The fraction of sp³-hybridized carbons (Fsp3) is 0.333. The van der Waals surface area contributed by atoms with Gasteiger partial charge in [-0.3, -0.25) is 14.4 Å². The van der Waals surface area contributed by atoms with Crippen molar-refractivity contribution in [3.63, 3.8) is 0 Å². The van der Waals surface area contributed by atoms with Crippen molar-refractivity contribution in [3.8, 4) is 0 Å². The van der Waals surface area contributed by atoms with Crippen LogP contribution in [0.4, 0.5) is 0 Å². The third kappa shape index (κ3) is 4.58. The maximum absolute atomic E-state index is 12.7. The highest BCUT2D eigenvalue weighted by Gasteiger charge is 2.26. The number of nitrogens with zero attached hydrogens (tertiary/aromatic N) is 1. The molecule has 2 aromatic rings. The second kappa shape index (κ2) is 8.12. The zero-order valence-electron chi connectivity index (χ0n) is 15.2. The first-order valence-electron chi connectivity index (χ1n) is 9.03. The Bertz CT molecular complexity index is 941. The number of aromatic nitrogens is 1. The normalized spacial score (nSPS) is 13.2. The van der Waals surface area contributed by atoms with Gasteiger partial charge in [0.05, 0.1) is 6.54 Å². The molecule has 3 rings (SSSR count). The summed E-state index contributed by atoms with van der Waals surface area (Å²) < 4.78 is 1.39. The molecular weight excluding hydrogens is 344 g/mol. The van der Waals surface area contributed by atoms with Gasteiger partial charge in [-0.05, 0) is 36.0 Å². The molecule has 27 heavy (non-hydrogen) atoms. The van der Waals surface area contributed by atoms with E-state index in [1.165, 1.54) is 23.9 Å². The van der Waals surface area contributed by atoms with Gasteiger partial charge in [0.2, 0.25) is 0 Å². The van der Waals surface area contributed by atoms with Crippen LogP contribution in [0.15, 0.2) is 41.3 Å². The van der Waals surface area contributed by atoms with Crippen molar-refractivity contribution in [1.82, 2.24) is 9.88 Å². The van der Waals surface area contributed by atoms with Gasteiger partial charge in [-0.2, -0.15) is 0 Å². The summed E-state index contributed by atoms with van der Waals surface area (Å²) in [7, 11) is 1.45. The first-order chi connectivity index (χ1) is 13.0. The number of Topliss-reactive ketones (excluding diaryl/α,β-unsaturated/α-hetero) is 1. The Balaban J connectivity index is 1.98. The standard InChI is InChI=1S/C21H22N2O4/c1-22-20(26)18-11-17(19(25)10-15-5-6-15)13-23(21(18)27)12-16-4-2-3-14(9-16)7-8-24/h2-4,8-9,11,13,15H,5-7,10,12H2,1H3,(H,22,26). The molecule has 140 valence electrons. The summed E-state index contributed by atoms with van der Waals surface area (Å²) in [4.78, 5) is 48.1. The number of ketones is 1. The zero-order chi connectivity index (χ0) is 19.4. The van der Waals surface area contributed by atoms with E-state index in [0.29, 0.717) is 24.3 Å². The second-order valence-electron chi connectivity index (χ2n) is 6.92. The highest BCUT2D eigenvalue weighted by Crippen LogP contribution is 2.33. The van der Waals surface area contributed by atoms with E-state index in [2.05, 4.69) is 5.32 Å². The van der Waals surface area contributed by atoms with Crippen molar-refractivity contribution in [1.29, 1.82) is 0 Å². The van der Waals surface area contributed by atoms with Crippen LogP contribution in [0.2, 0.25) is 0 Å². The molecule has 1 saturated carbocycles. The molecule has 1 aliphatic rings. The van der Waals surface area contributed by atoms with E-state index in [4.69, 9.17) is 0 Å². The van der Waals surface area contributed by atoms with Crippen molar-refractivity contribution in [2.45, 2.75) is 32.2 Å². The van der Waals surface area contributed by atoms with Crippen molar-refractivity contribution in [3.05, 3.63) is 69.1 Å². The van der Waals surface area contributed by atoms with E-state index in [-0.39, 0.29) is 17.9 Å². The molecule has 1 aromatic carbocycles. The average molecular weight is 366 g/mol. The molecule has 0 radical (unpaired) electrons. The lowest BCUT2D eigenvalue weighted by atomic mass is 10.0. The van der Waals surface area contributed by atoms with Gasteiger partial charge in [-0.25, -0.2) is 0 Å². The monoisotopic (exact) mass is 366 g/mol. The molecule has 6 nitrogen and oxygen atoms in total. The average Bonchev–Trinajstić information content (AvgIpc) is 3.47. The number of rotatable bonds is 8. The maximum Gasteiger partial charge on any atom is 0.263 e. The van der Waals surface area contributed by atoms with Crippen LogP contribution in [0, 0.1) is 5.92 Å². The highest BCUT2D eigenvalue weighted by molar-refractivity contribution is 6.00. The van der Waals surface area contributed by atoms with Crippen LogP contribution < -0.4 is 10.9 Å². The van der Waals surface area contributed by atoms with Crippen molar-refractivity contribution in [2.24, 2.45) is 5.92 Å². The molecule has 0 aliphatic heterocycles. The minimum atomic E-state index is -0.510. The van der Waals surface area contributed by atoms with Gasteiger partial charge in [-0.1, -0.05) is 24.3 Å². The summed E-state index contributed by atoms with van der Waals surface area (Å²) in [5.74, 6) is -0.142. The van der Waals surface area contributed by atoms with Crippen molar-refractivity contribution < 1.29 is 14.4 Å². The Morgan fingerprint density at radius 3 is 2.63 bits per heavy atom. The van der Waals surface area contributed by atoms with E-state index < -0.39 is 11.5 Å². The van der Waals surface area contributed by atoms with E-state index in [0.717, 1.165) is 30.3 Å². The number of aldehydes is 1. The number of pyridine rings is 1. The zero-order valence-corrected chi connectivity index (χ0v) is 15.2. The first-order valence-corrected chi connectivity index (χ1v) is 9.03. The van der Waals surface area contributed by atoms with Crippen molar-refractivity contribution in [2.75, 3.05) is 7.05 Å². The predicted octanol–water partition coefficient (Wildman–Crippen LogP) is 1.98. The molecule has 1 aromatic heterocycles. The van der Waals surface area contributed by atoms with Crippen LogP contribution in [0.1, 0.15) is 51.1 Å². The molecule has 1 N–H and O–H groups in total. The number of carbonyl (C=O) groups is 3. The van der Waals surface area contributed by atoms with Gasteiger partial charge < -0.3 is 14.7 Å². The van der Waals surface area contributed by atoms with Crippen LogP contribution >= 0.6 is 0 Å². The van der Waals surface area contributed by atoms with E-state index in [1.807, 2.05) is 24.3 Å². The van der Waals surface area contributed by atoms with Crippen LogP contribution in [0.3, 0.4) is 0 Å². The Morgan fingerprint density at radius 2 is 1.96 bits per heavy atom. The summed E-state index contributed by atoms with van der Waals surface area (Å²) in [5, 5.41) is 2.46. The summed E-state index contributed by atoms with van der Waals surface area (Å²) in [5.41, 5.74) is 1.57. The smallest absolute Gasteiger partial charge is 0.263 e. The highest BCUT2D eigenvalue weighted by atomic mass is 16.2. The first kappa shape index (κ1) is 18.8. The Labute approximate surface area is 157 Å². The SMILES string of the molecule is CNC(=O)c1cc(C(=O)CC2CC2)cn(Cc2cccc(CC=O)c2)c1=O. The number of hydrogen-bond donors (Lipinski definition) is 1. The van der Waals surface area contributed by atoms with Crippen LogP contribution in [-0.4, -0.2) is 29.6 Å². The molecule has 0 unspecified atom stereocenters. The molecular formula is C21H22N2O4. The second-order valence-corrected chi connectivity index (χ2v) is 6.92. The van der Waals surface area contributed by atoms with E-state index in [9.17, 15) is 19.2 Å². The Kier molecular flexibility index (Phi) is 5.64. The van der Waals surface area contributed by atoms with E-state index >= 15 is 0 Å².